The molecule has 1 fully saturated rings. The van der Waals surface area contributed by atoms with Crippen LogP contribution in [0.5, 0.6) is 0 Å². The van der Waals surface area contributed by atoms with E-state index in [4.69, 9.17) is 0 Å². The number of nitrogens with zero attached hydrogens (tertiary/aromatic N) is 2. The summed E-state index contributed by atoms with van der Waals surface area (Å²) >= 11 is 0. The van der Waals surface area contributed by atoms with Crippen molar-refractivity contribution in [2.24, 2.45) is 0 Å². The molecular formula is C21H27N3O3. The zero-order valence-electron chi connectivity index (χ0n) is 16.3. The minimum Gasteiger partial charge on any atom is -0.481 e. The smallest absolute Gasteiger partial charge is 0.315 e. The quantitative estimate of drug-likeness (QED) is 0.818. The first kappa shape index (κ1) is 19.1. The van der Waals surface area contributed by atoms with Crippen molar-refractivity contribution in [3.05, 3.63) is 53.3 Å². The number of carbonyl (C=O) groups excluding carboxylic acids is 1. The Morgan fingerprint density at radius 2 is 1.81 bits per heavy atom. The Morgan fingerprint density at radius 3 is 2.33 bits per heavy atom. The summed E-state index contributed by atoms with van der Waals surface area (Å²) in [5, 5.41) is 17.0. The van der Waals surface area contributed by atoms with Crippen LogP contribution in [-0.4, -0.2) is 33.3 Å². The minimum atomic E-state index is -1.21. The van der Waals surface area contributed by atoms with Crippen LogP contribution in [0.15, 0.2) is 36.4 Å². The summed E-state index contributed by atoms with van der Waals surface area (Å²) in [5.74, 6) is -0.858. The maximum absolute atomic E-state index is 12.7. The average Bonchev–Trinajstić information content (AvgIpc) is 3.36. The van der Waals surface area contributed by atoms with Crippen molar-refractivity contribution in [2.45, 2.75) is 57.4 Å². The Labute approximate surface area is 159 Å². The molecule has 1 aromatic carbocycles. The Kier molecular flexibility index (Phi) is 4.84. The lowest BCUT2D eigenvalue weighted by molar-refractivity contribution is -0.142. The summed E-state index contributed by atoms with van der Waals surface area (Å²) in [6.45, 7) is 7.79. The molecule has 0 bridgehead atoms. The maximum Gasteiger partial charge on any atom is 0.315 e. The van der Waals surface area contributed by atoms with Gasteiger partial charge in [0.2, 0.25) is 0 Å². The largest absolute Gasteiger partial charge is 0.481 e. The molecule has 2 aromatic rings. The molecule has 0 saturated heterocycles. The van der Waals surface area contributed by atoms with Crippen molar-refractivity contribution in [3.8, 4) is 0 Å². The van der Waals surface area contributed by atoms with Crippen LogP contribution in [0.25, 0.3) is 0 Å². The number of aromatic nitrogens is 2. The number of hydrogen-bond donors (Lipinski definition) is 2. The predicted molar refractivity (Wildman–Crippen MR) is 103 cm³/mol. The zero-order chi connectivity index (χ0) is 19.8. The lowest BCUT2D eigenvalue weighted by Gasteiger charge is -2.25. The normalized spacial score (nSPS) is 16.6. The number of amides is 1. The first-order valence-corrected chi connectivity index (χ1v) is 9.30. The predicted octanol–water partition coefficient (Wildman–Crippen LogP) is 3.29. The maximum atomic E-state index is 12.7. The second kappa shape index (κ2) is 6.83. The van der Waals surface area contributed by atoms with Gasteiger partial charge in [0.05, 0.1) is 5.54 Å². The van der Waals surface area contributed by atoms with Crippen LogP contribution in [-0.2, 0) is 15.7 Å². The number of carboxylic acids is 1. The lowest BCUT2D eigenvalue weighted by Crippen LogP contribution is -2.44. The van der Waals surface area contributed by atoms with Crippen LogP contribution in [0.2, 0.25) is 0 Å². The number of carboxylic acid groups (broad SMARTS) is 1. The highest BCUT2D eigenvalue weighted by Gasteiger charge is 2.36. The third kappa shape index (κ3) is 3.89. The van der Waals surface area contributed by atoms with Gasteiger partial charge in [-0.2, -0.15) is 5.10 Å². The van der Waals surface area contributed by atoms with E-state index < -0.39 is 11.4 Å². The Morgan fingerprint density at radius 1 is 1.19 bits per heavy atom. The van der Waals surface area contributed by atoms with Crippen molar-refractivity contribution < 1.29 is 14.7 Å². The highest BCUT2D eigenvalue weighted by molar-refractivity contribution is 5.93. The molecule has 1 heterocycles. The fraction of sp³-hybridized carbons (Fsp3) is 0.476. The third-order valence-electron chi connectivity index (χ3n) is 5.09. The van der Waals surface area contributed by atoms with Crippen molar-refractivity contribution in [1.29, 1.82) is 0 Å². The van der Waals surface area contributed by atoms with Gasteiger partial charge in [0.25, 0.3) is 5.91 Å². The summed E-state index contributed by atoms with van der Waals surface area (Å²) in [5.41, 5.74) is 0.653. The van der Waals surface area contributed by atoms with Gasteiger partial charge in [0.15, 0.2) is 0 Å². The molecule has 1 atom stereocenters. The molecule has 1 unspecified atom stereocenters. The first-order chi connectivity index (χ1) is 12.6. The molecule has 6 heteroatoms. The Balaban J connectivity index is 1.80. The Bertz CT molecular complexity index is 847. The number of carbonyl (C=O) groups is 2. The topological polar surface area (TPSA) is 84.2 Å². The third-order valence-corrected chi connectivity index (χ3v) is 5.09. The SMILES string of the molecule is CC(CNC(=O)c1cc(C2CC2)n(C(C)(C)C)n1)(C(=O)O)c1ccccc1. The van der Waals surface area contributed by atoms with Gasteiger partial charge < -0.3 is 10.4 Å². The second-order valence-corrected chi connectivity index (χ2v) is 8.50. The van der Waals surface area contributed by atoms with Crippen LogP contribution >= 0.6 is 0 Å². The van der Waals surface area contributed by atoms with Crippen LogP contribution in [0.1, 0.15) is 68.2 Å². The van der Waals surface area contributed by atoms with Gasteiger partial charge in [-0.15, -0.1) is 0 Å². The molecule has 1 aliphatic carbocycles. The molecule has 2 N–H and O–H groups in total. The van der Waals surface area contributed by atoms with Crippen molar-refractivity contribution in [2.75, 3.05) is 6.54 Å². The molecule has 1 aliphatic rings. The Hall–Kier alpha value is -2.63. The van der Waals surface area contributed by atoms with E-state index in [-0.39, 0.29) is 18.0 Å². The number of hydrogen-bond acceptors (Lipinski definition) is 3. The van der Waals surface area contributed by atoms with Gasteiger partial charge in [-0.1, -0.05) is 30.3 Å². The van der Waals surface area contributed by atoms with Gasteiger partial charge in [-0.05, 0) is 52.2 Å². The molecule has 0 radical (unpaired) electrons. The zero-order valence-corrected chi connectivity index (χ0v) is 16.3. The van der Waals surface area contributed by atoms with Crippen LogP contribution in [0, 0.1) is 0 Å². The summed E-state index contributed by atoms with van der Waals surface area (Å²) in [6, 6.07) is 10.8. The standard InChI is InChI=1S/C21H27N3O3/c1-20(2,3)24-17(14-10-11-14)12-16(23-24)18(25)22-13-21(4,19(26)27)15-8-6-5-7-9-15/h5-9,12,14H,10-11,13H2,1-4H3,(H,22,25)(H,26,27). The number of aliphatic carboxylic acids is 1. The van der Waals surface area contributed by atoms with E-state index in [1.807, 2.05) is 16.8 Å². The molecule has 0 spiro atoms. The molecule has 3 rings (SSSR count). The number of benzene rings is 1. The van der Waals surface area contributed by atoms with Crippen LogP contribution in [0.4, 0.5) is 0 Å². The van der Waals surface area contributed by atoms with Crippen LogP contribution < -0.4 is 5.32 Å². The van der Waals surface area contributed by atoms with E-state index in [1.54, 1.807) is 31.2 Å². The molecule has 1 amide bonds. The van der Waals surface area contributed by atoms with E-state index in [1.165, 1.54) is 0 Å². The van der Waals surface area contributed by atoms with E-state index in [9.17, 15) is 14.7 Å². The van der Waals surface area contributed by atoms with E-state index in [0.717, 1.165) is 18.5 Å². The number of rotatable bonds is 6. The van der Waals surface area contributed by atoms with E-state index in [0.29, 0.717) is 17.2 Å². The summed E-state index contributed by atoms with van der Waals surface area (Å²) < 4.78 is 1.92. The molecule has 1 aromatic heterocycles. The molecule has 1 saturated carbocycles. The van der Waals surface area contributed by atoms with Gasteiger partial charge in [-0.3, -0.25) is 14.3 Å². The van der Waals surface area contributed by atoms with Gasteiger partial charge in [0, 0.05) is 18.2 Å². The van der Waals surface area contributed by atoms with Crippen molar-refractivity contribution in [1.82, 2.24) is 15.1 Å². The molecule has 0 aliphatic heterocycles. The van der Waals surface area contributed by atoms with Gasteiger partial charge >= 0.3 is 5.97 Å². The fourth-order valence-electron chi connectivity index (χ4n) is 3.17. The lowest BCUT2D eigenvalue weighted by atomic mass is 9.82. The highest BCUT2D eigenvalue weighted by atomic mass is 16.4. The molecular weight excluding hydrogens is 342 g/mol. The number of nitrogens with one attached hydrogen (secondary N) is 1. The van der Waals surface area contributed by atoms with Crippen molar-refractivity contribution in [3.63, 3.8) is 0 Å². The summed E-state index contributed by atoms with van der Waals surface area (Å²) in [4.78, 5) is 24.6. The van der Waals surface area contributed by atoms with Gasteiger partial charge in [0.1, 0.15) is 11.1 Å². The fourth-order valence-corrected chi connectivity index (χ4v) is 3.17. The summed E-state index contributed by atoms with van der Waals surface area (Å²) in [7, 11) is 0. The minimum absolute atomic E-state index is 0.00762. The van der Waals surface area contributed by atoms with E-state index >= 15 is 0 Å². The first-order valence-electron chi connectivity index (χ1n) is 9.30. The average molecular weight is 369 g/mol. The molecule has 27 heavy (non-hydrogen) atoms. The van der Waals surface area contributed by atoms with E-state index in [2.05, 4.69) is 31.2 Å². The highest BCUT2D eigenvalue weighted by Crippen LogP contribution is 2.41. The van der Waals surface area contributed by atoms with Crippen LogP contribution in [0.3, 0.4) is 0 Å². The monoisotopic (exact) mass is 369 g/mol. The summed E-state index contributed by atoms with van der Waals surface area (Å²) in [6.07, 6.45) is 2.24. The molecule has 144 valence electrons. The van der Waals surface area contributed by atoms with Crippen molar-refractivity contribution >= 4 is 11.9 Å². The second-order valence-electron chi connectivity index (χ2n) is 8.50. The molecule has 6 nitrogen and oxygen atoms in total. The van der Waals surface area contributed by atoms with Gasteiger partial charge in [-0.25, -0.2) is 0 Å².